The Morgan fingerprint density at radius 1 is 0.882 bits per heavy atom. The minimum absolute atomic E-state index is 0.0212. The second-order valence-electron chi connectivity index (χ2n) is 9.32. The first kappa shape index (κ1) is 25.8. The smallest absolute Gasteiger partial charge is 0.190 e. The maximum absolute atomic E-state index is 13.4. The largest absolute Gasteiger partial charge is 0.342 e. The van der Waals surface area contributed by atoms with Gasteiger partial charge in [-0.15, -0.1) is 23.5 Å². The van der Waals surface area contributed by atoms with E-state index in [2.05, 4.69) is 0 Å². The summed E-state index contributed by atoms with van der Waals surface area (Å²) in [5.74, 6) is -1.69. The Balaban J connectivity index is 1.74. The van der Waals surface area contributed by atoms with E-state index in [9.17, 15) is 14.4 Å². The molecule has 4 rings (SSSR count). The Labute approximate surface area is 207 Å². The summed E-state index contributed by atoms with van der Waals surface area (Å²) < 4.78 is 30.1. The number of Topliss-reactive ketones (excluding diaryl/α,β-unsaturated/α-hetero) is 1. The number of hydrogen-bond donors (Lipinski definition) is 0. The molecule has 34 heavy (non-hydrogen) atoms. The van der Waals surface area contributed by atoms with Gasteiger partial charge in [-0.25, -0.2) is 0 Å². The van der Waals surface area contributed by atoms with Gasteiger partial charge in [0.05, 0.1) is 15.6 Å². The standard InChI is InChI=1S/C24H30O8S2/c1-22(2)29-17-18(30-22)20(28-21-19(17)31-23(3,4)32-21)24(33-12-10-25,34-13-11-26)14-16(27)15-8-6-5-7-9-15/h5-11,17-21H,12-14H2,1-4H3/t17?,18-,19?,20?,21-/m1/s1. The van der Waals surface area contributed by atoms with Gasteiger partial charge in [0.15, 0.2) is 23.6 Å². The highest BCUT2D eigenvalue weighted by Gasteiger charge is 2.65. The van der Waals surface area contributed by atoms with Crippen LogP contribution in [0.2, 0.25) is 0 Å². The van der Waals surface area contributed by atoms with Gasteiger partial charge >= 0.3 is 0 Å². The van der Waals surface area contributed by atoms with Crippen LogP contribution in [0.15, 0.2) is 30.3 Å². The molecule has 3 aliphatic rings. The quantitative estimate of drug-likeness (QED) is 0.265. The molecule has 0 spiro atoms. The summed E-state index contributed by atoms with van der Waals surface area (Å²) in [6, 6.07) is 8.93. The lowest BCUT2D eigenvalue weighted by Crippen LogP contribution is -2.61. The van der Waals surface area contributed by atoms with Crippen molar-refractivity contribution in [1.82, 2.24) is 0 Å². The van der Waals surface area contributed by atoms with E-state index in [1.54, 1.807) is 38.1 Å². The van der Waals surface area contributed by atoms with E-state index >= 15 is 0 Å². The maximum Gasteiger partial charge on any atom is 0.190 e. The molecule has 3 aliphatic heterocycles. The molecule has 3 heterocycles. The summed E-state index contributed by atoms with van der Waals surface area (Å²) in [4.78, 5) is 36.3. The second-order valence-corrected chi connectivity index (χ2v) is 12.3. The summed E-state index contributed by atoms with van der Waals surface area (Å²) in [5.41, 5.74) is 0.543. The lowest BCUT2D eigenvalue weighted by Gasteiger charge is -2.46. The average molecular weight is 511 g/mol. The van der Waals surface area contributed by atoms with Gasteiger partial charge in [0.2, 0.25) is 0 Å². The van der Waals surface area contributed by atoms with Crippen LogP contribution in [0.25, 0.3) is 0 Å². The summed E-state index contributed by atoms with van der Waals surface area (Å²) in [6.45, 7) is 7.22. The van der Waals surface area contributed by atoms with Gasteiger partial charge in [0.1, 0.15) is 37.0 Å². The lowest BCUT2D eigenvalue weighted by molar-refractivity contribution is -0.235. The van der Waals surface area contributed by atoms with E-state index in [1.807, 2.05) is 19.9 Å². The first-order valence-corrected chi connectivity index (χ1v) is 13.2. The van der Waals surface area contributed by atoms with Crippen molar-refractivity contribution in [1.29, 1.82) is 0 Å². The highest BCUT2D eigenvalue weighted by molar-refractivity contribution is 8.18. The minimum Gasteiger partial charge on any atom is -0.342 e. The monoisotopic (exact) mass is 510 g/mol. The molecule has 0 amide bonds. The van der Waals surface area contributed by atoms with E-state index in [0.29, 0.717) is 5.56 Å². The number of fused-ring (bicyclic) bond motifs is 3. The van der Waals surface area contributed by atoms with Crippen molar-refractivity contribution in [2.75, 3.05) is 11.5 Å². The van der Waals surface area contributed by atoms with Crippen LogP contribution in [-0.4, -0.2) is 76.2 Å². The molecule has 1 aromatic rings. The van der Waals surface area contributed by atoms with E-state index in [-0.39, 0.29) is 23.7 Å². The molecule has 3 unspecified atom stereocenters. The van der Waals surface area contributed by atoms with Crippen molar-refractivity contribution < 1.29 is 38.1 Å². The zero-order valence-electron chi connectivity index (χ0n) is 19.6. The number of ether oxygens (including phenoxy) is 5. The Bertz CT molecular complexity index is 893. The molecule has 5 atom stereocenters. The van der Waals surface area contributed by atoms with Gasteiger partial charge in [0, 0.05) is 12.0 Å². The molecule has 10 heteroatoms. The fourth-order valence-corrected chi connectivity index (χ4v) is 7.29. The van der Waals surface area contributed by atoms with Gasteiger partial charge in [-0.3, -0.25) is 4.79 Å². The normalized spacial score (nSPS) is 31.5. The SMILES string of the molecule is CC1(C)OC2C3OC(C)(C)O[C@H]3C(C(CC(=O)c3ccccc3)(SCC=O)SCC=O)O[C@@H]2O1. The molecular weight excluding hydrogens is 480 g/mol. The molecular formula is C24H30O8S2. The molecule has 1 aromatic carbocycles. The molecule has 3 fully saturated rings. The third-order valence-corrected chi connectivity index (χ3v) is 8.93. The topological polar surface area (TPSA) is 97.4 Å². The molecule has 186 valence electrons. The molecule has 0 radical (unpaired) electrons. The maximum atomic E-state index is 13.4. The van der Waals surface area contributed by atoms with Gasteiger partial charge in [-0.2, -0.15) is 0 Å². The zero-order valence-corrected chi connectivity index (χ0v) is 21.3. The highest BCUT2D eigenvalue weighted by Crippen LogP contribution is 2.53. The number of hydrogen-bond acceptors (Lipinski definition) is 10. The molecule has 0 aromatic heterocycles. The van der Waals surface area contributed by atoms with Crippen molar-refractivity contribution >= 4 is 41.9 Å². The number of rotatable bonds is 10. The van der Waals surface area contributed by atoms with Crippen molar-refractivity contribution in [3.8, 4) is 0 Å². The predicted octanol–water partition coefficient (Wildman–Crippen LogP) is 3.22. The number of aldehydes is 2. The molecule has 8 nitrogen and oxygen atoms in total. The van der Waals surface area contributed by atoms with Crippen LogP contribution in [-0.2, 0) is 33.3 Å². The summed E-state index contributed by atoms with van der Waals surface area (Å²) in [7, 11) is 0. The minimum atomic E-state index is -1.01. The van der Waals surface area contributed by atoms with E-state index < -0.39 is 46.4 Å². The fourth-order valence-electron chi connectivity index (χ4n) is 4.67. The molecule has 0 N–H and O–H groups in total. The Hall–Kier alpha value is -1.27. The van der Waals surface area contributed by atoms with E-state index in [4.69, 9.17) is 23.7 Å². The highest BCUT2D eigenvalue weighted by atomic mass is 32.2. The van der Waals surface area contributed by atoms with Crippen molar-refractivity contribution in [3.05, 3.63) is 35.9 Å². The van der Waals surface area contributed by atoms with Crippen molar-refractivity contribution in [3.63, 3.8) is 0 Å². The molecule has 3 saturated heterocycles. The third-order valence-electron chi connectivity index (χ3n) is 5.88. The lowest BCUT2D eigenvalue weighted by atomic mass is 9.93. The molecule has 0 saturated carbocycles. The third kappa shape index (κ3) is 5.28. The van der Waals surface area contributed by atoms with E-state index in [1.165, 1.54) is 23.5 Å². The van der Waals surface area contributed by atoms with Crippen molar-refractivity contribution in [2.24, 2.45) is 0 Å². The average Bonchev–Trinajstić information content (AvgIpc) is 3.29. The van der Waals surface area contributed by atoms with Crippen LogP contribution >= 0.6 is 23.5 Å². The summed E-state index contributed by atoms with van der Waals surface area (Å²) in [5, 5.41) is 0. The second kappa shape index (κ2) is 10.0. The van der Waals surface area contributed by atoms with Crippen LogP contribution in [0.3, 0.4) is 0 Å². The Kier molecular flexibility index (Phi) is 7.59. The van der Waals surface area contributed by atoms with Gasteiger partial charge in [0.25, 0.3) is 0 Å². The number of ketones is 1. The first-order chi connectivity index (χ1) is 16.1. The van der Waals surface area contributed by atoms with Crippen molar-refractivity contribution in [2.45, 2.75) is 80.5 Å². The van der Waals surface area contributed by atoms with Crippen LogP contribution in [0.4, 0.5) is 0 Å². The summed E-state index contributed by atoms with van der Waals surface area (Å²) >= 11 is 2.56. The van der Waals surface area contributed by atoms with E-state index in [0.717, 1.165) is 12.6 Å². The number of carbonyl (C=O) groups excluding carboxylic acids is 3. The van der Waals surface area contributed by atoms with Gasteiger partial charge in [-0.05, 0) is 27.7 Å². The molecule has 0 bridgehead atoms. The number of carbonyl (C=O) groups is 3. The molecule has 0 aliphatic carbocycles. The first-order valence-electron chi connectivity index (χ1n) is 11.2. The predicted molar refractivity (Wildman–Crippen MR) is 128 cm³/mol. The van der Waals surface area contributed by atoms with Crippen LogP contribution in [0.5, 0.6) is 0 Å². The Morgan fingerprint density at radius 2 is 1.44 bits per heavy atom. The number of benzene rings is 1. The van der Waals surface area contributed by atoms with Gasteiger partial charge in [-0.1, -0.05) is 30.3 Å². The Morgan fingerprint density at radius 3 is 2.06 bits per heavy atom. The van der Waals surface area contributed by atoms with Crippen LogP contribution in [0, 0.1) is 0 Å². The van der Waals surface area contributed by atoms with Gasteiger partial charge < -0.3 is 33.3 Å². The zero-order chi connectivity index (χ0) is 24.6. The number of thioether (sulfide) groups is 2. The fraction of sp³-hybridized carbons (Fsp3) is 0.625. The van der Waals surface area contributed by atoms with Crippen LogP contribution in [0.1, 0.15) is 44.5 Å². The van der Waals surface area contributed by atoms with Crippen LogP contribution < -0.4 is 0 Å². The summed E-state index contributed by atoms with van der Waals surface area (Å²) in [6.07, 6.45) is -1.52.